The van der Waals surface area contributed by atoms with Crippen molar-refractivity contribution in [3.05, 3.63) is 29.8 Å². The molecule has 0 radical (unpaired) electrons. The zero-order chi connectivity index (χ0) is 15.1. The number of amides is 1. The third-order valence-electron chi connectivity index (χ3n) is 3.94. The number of carbonyl (C=O) groups excluding carboxylic acids is 1. The number of aryl methyl sites for hydroxylation is 1. The second kappa shape index (κ2) is 8.00. The van der Waals surface area contributed by atoms with Crippen molar-refractivity contribution in [3.63, 3.8) is 0 Å². The molecule has 1 fully saturated rings. The number of benzene rings is 1. The molecular formula is C16H25N3O2. The Labute approximate surface area is 126 Å². The molecule has 1 aliphatic rings. The van der Waals surface area contributed by atoms with E-state index < -0.39 is 0 Å². The second-order valence-electron chi connectivity index (χ2n) is 5.54. The third kappa shape index (κ3) is 5.02. The van der Waals surface area contributed by atoms with Crippen LogP contribution in [0.25, 0.3) is 0 Å². The Morgan fingerprint density at radius 2 is 2.10 bits per heavy atom. The van der Waals surface area contributed by atoms with Crippen LogP contribution in [-0.2, 0) is 11.2 Å². The first-order valence-corrected chi connectivity index (χ1v) is 7.64. The van der Waals surface area contributed by atoms with Gasteiger partial charge in [0.1, 0.15) is 0 Å². The monoisotopic (exact) mass is 291 g/mol. The van der Waals surface area contributed by atoms with Crippen molar-refractivity contribution in [1.82, 2.24) is 9.80 Å². The highest BCUT2D eigenvalue weighted by atomic mass is 16.3. The van der Waals surface area contributed by atoms with Gasteiger partial charge < -0.3 is 15.7 Å². The summed E-state index contributed by atoms with van der Waals surface area (Å²) in [5.74, 6) is 0.211. The Balaban J connectivity index is 1.80. The fraction of sp³-hybridized carbons (Fsp3) is 0.562. The lowest BCUT2D eigenvalue weighted by atomic mass is 10.1. The number of hydrogen-bond donors (Lipinski definition) is 2. The fourth-order valence-corrected chi connectivity index (χ4v) is 2.74. The molecule has 2 rings (SSSR count). The Morgan fingerprint density at radius 1 is 1.24 bits per heavy atom. The summed E-state index contributed by atoms with van der Waals surface area (Å²) in [6.45, 7) is 4.27. The Kier molecular flexibility index (Phi) is 6.02. The maximum Gasteiger partial charge on any atom is 0.222 e. The molecule has 0 aromatic heterocycles. The number of nitrogen functional groups attached to an aromatic ring is 1. The lowest BCUT2D eigenvalue weighted by Gasteiger charge is -2.21. The molecular weight excluding hydrogens is 266 g/mol. The van der Waals surface area contributed by atoms with Crippen molar-refractivity contribution in [2.75, 3.05) is 45.1 Å². The molecule has 0 bridgehead atoms. The molecule has 21 heavy (non-hydrogen) atoms. The van der Waals surface area contributed by atoms with Crippen LogP contribution in [0.15, 0.2) is 24.3 Å². The van der Waals surface area contributed by atoms with Gasteiger partial charge in [0.25, 0.3) is 0 Å². The maximum atomic E-state index is 12.3. The van der Waals surface area contributed by atoms with E-state index in [0.717, 1.165) is 50.3 Å². The molecule has 1 amide bonds. The number of aliphatic hydroxyl groups excluding tert-OH is 1. The molecule has 1 aromatic rings. The van der Waals surface area contributed by atoms with Crippen LogP contribution in [0, 0.1) is 0 Å². The first kappa shape index (κ1) is 15.8. The lowest BCUT2D eigenvalue weighted by molar-refractivity contribution is -0.131. The van der Waals surface area contributed by atoms with Crippen LogP contribution in [0.2, 0.25) is 0 Å². The molecule has 0 spiro atoms. The average Bonchev–Trinajstić information content (AvgIpc) is 2.71. The highest BCUT2D eigenvalue weighted by molar-refractivity contribution is 5.76. The summed E-state index contributed by atoms with van der Waals surface area (Å²) in [5, 5.41) is 8.99. The second-order valence-corrected chi connectivity index (χ2v) is 5.54. The smallest absolute Gasteiger partial charge is 0.222 e. The van der Waals surface area contributed by atoms with Crippen LogP contribution in [-0.4, -0.2) is 60.1 Å². The van der Waals surface area contributed by atoms with E-state index in [-0.39, 0.29) is 12.5 Å². The zero-order valence-electron chi connectivity index (χ0n) is 12.5. The van der Waals surface area contributed by atoms with Gasteiger partial charge in [0.05, 0.1) is 6.61 Å². The predicted octanol–water partition coefficient (Wildman–Crippen LogP) is 0.728. The van der Waals surface area contributed by atoms with E-state index in [4.69, 9.17) is 10.8 Å². The first-order valence-electron chi connectivity index (χ1n) is 7.64. The molecule has 1 heterocycles. The van der Waals surface area contributed by atoms with Crippen molar-refractivity contribution in [3.8, 4) is 0 Å². The number of nitrogens with two attached hydrogens (primary N) is 1. The maximum absolute atomic E-state index is 12.3. The number of nitrogens with zero attached hydrogens (tertiary/aromatic N) is 2. The van der Waals surface area contributed by atoms with Gasteiger partial charge in [-0.05, 0) is 37.1 Å². The summed E-state index contributed by atoms with van der Waals surface area (Å²) in [6, 6.07) is 7.72. The lowest BCUT2D eigenvalue weighted by Crippen LogP contribution is -2.36. The standard InChI is InChI=1S/C16H25N3O2/c17-15-4-1-3-14(13-15)5-6-16(21)19-8-2-7-18(9-10-19)11-12-20/h1,3-4,13,20H,2,5-12,17H2. The largest absolute Gasteiger partial charge is 0.399 e. The SMILES string of the molecule is Nc1cccc(CCC(=O)N2CCCN(CCO)CC2)c1. The van der Waals surface area contributed by atoms with Crippen molar-refractivity contribution < 1.29 is 9.90 Å². The summed E-state index contributed by atoms with van der Waals surface area (Å²) >= 11 is 0. The Bertz CT molecular complexity index is 465. The molecule has 1 aromatic carbocycles. The Hall–Kier alpha value is -1.59. The molecule has 5 nitrogen and oxygen atoms in total. The minimum absolute atomic E-state index is 0.184. The van der Waals surface area contributed by atoms with E-state index >= 15 is 0 Å². The van der Waals surface area contributed by atoms with Gasteiger partial charge in [-0.25, -0.2) is 0 Å². The molecule has 0 atom stereocenters. The topological polar surface area (TPSA) is 69.8 Å². The minimum Gasteiger partial charge on any atom is -0.399 e. The van der Waals surface area contributed by atoms with Gasteiger partial charge in [0, 0.05) is 38.3 Å². The van der Waals surface area contributed by atoms with Gasteiger partial charge in [-0.15, -0.1) is 0 Å². The predicted molar refractivity (Wildman–Crippen MR) is 83.9 cm³/mol. The highest BCUT2D eigenvalue weighted by Crippen LogP contribution is 2.11. The highest BCUT2D eigenvalue weighted by Gasteiger charge is 2.18. The van der Waals surface area contributed by atoms with Crippen LogP contribution in [0.4, 0.5) is 5.69 Å². The van der Waals surface area contributed by atoms with Crippen LogP contribution < -0.4 is 5.73 Å². The molecule has 1 saturated heterocycles. The van der Waals surface area contributed by atoms with Crippen LogP contribution in [0.1, 0.15) is 18.4 Å². The molecule has 0 aliphatic carbocycles. The molecule has 1 aliphatic heterocycles. The normalized spacial score (nSPS) is 16.7. The van der Waals surface area contributed by atoms with Gasteiger partial charge in [-0.2, -0.15) is 0 Å². The van der Waals surface area contributed by atoms with Crippen LogP contribution in [0.5, 0.6) is 0 Å². The van der Waals surface area contributed by atoms with Crippen LogP contribution >= 0.6 is 0 Å². The van der Waals surface area contributed by atoms with Gasteiger partial charge >= 0.3 is 0 Å². The van der Waals surface area contributed by atoms with Crippen molar-refractivity contribution in [2.45, 2.75) is 19.3 Å². The zero-order valence-corrected chi connectivity index (χ0v) is 12.5. The number of hydrogen-bond acceptors (Lipinski definition) is 4. The number of β-amino-alcohol motifs (C(OH)–C–C–N with tert-alkyl or cyclic N) is 1. The summed E-state index contributed by atoms with van der Waals surface area (Å²) in [6.07, 6.45) is 2.24. The number of carbonyl (C=O) groups is 1. The average molecular weight is 291 g/mol. The van der Waals surface area contributed by atoms with E-state index in [0.29, 0.717) is 13.0 Å². The van der Waals surface area contributed by atoms with Crippen LogP contribution in [0.3, 0.4) is 0 Å². The minimum atomic E-state index is 0.184. The molecule has 5 heteroatoms. The summed E-state index contributed by atoms with van der Waals surface area (Å²) in [7, 11) is 0. The van der Waals surface area contributed by atoms with Crippen molar-refractivity contribution >= 4 is 11.6 Å². The fourth-order valence-electron chi connectivity index (χ4n) is 2.74. The van der Waals surface area contributed by atoms with E-state index in [2.05, 4.69) is 4.90 Å². The van der Waals surface area contributed by atoms with E-state index in [9.17, 15) is 4.79 Å². The molecule has 0 unspecified atom stereocenters. The Morgan fingerprint density at radius 3 is 2.86 bits per heavy atom. The summed E-state index contributed by atoms with van der Waals surface area (Å²) in [4.78, 5) is 16.5. The molecule has 3 N–H and O–H groups in total. The molecule has 0 saturated carbocycles. The van der Waals surface area contributed by atoms with Crippen molar-refractivity contribution in [2.24, 2.45) is 0 Å². The summed E-state index contributed by atoms with van der Waals surface area (Å²) in [5.41, 5.74) is 7.61. The van der Waals surface area contributed by atoms with Gasteiger partial charge in [0.2, 0.25) is 5.91 Å². The third-order valence-corrected chi connectivity index (χ3v) is 3.94. The quantitative estimate of drug-likeness (QED) is 0.785. The van der Waals surface area contributed by atoms with Gasteiger partial charge in [0.15, 0.2) is 0 Å². The van der Waals surface area contributed by atoms with E-state index in [1.54, 1.807) is 0 Å². The summed E-state index contributed by atoms with van der Waals surface area (Å²) < 4.78 is 0. The van der Waals surface area contributed by atoms with E-state index in [1.807, 2.05) is 29.2 Å². The number of anilines is 1. The van der Waals surface area contributed by atoms with Gasteiger partial charge in [-0.1, -0.05) is 12.1 Å². The molecule has 116 valence electrons. The number of rotatable bonds is 5. The first-order chi connectivity index (χ1) is 10.2. The van der Waals surface area contributed by atoms with E-state index in [1.165, 1.54) is 0 Å². The van der Waals surface area contributed by atoms with Crippen molar-refractivity contribution in [1.29, 1.82) is 0 Å². The number of aliphatic hydroxyl groups is 1. The van der Waals surface area contributed by atoms with Gasteiger partial charge in [-0.3, -0.25) is 9.69 Å².